The van der Waals surface area contributed by atoms with Crippen LogP contribution in [-0.2, 0) is 4.74 Å². The van der Waals surface area contributed by atoms with E-state index in [-0.39, 0.29) is 12.1 Å². The molecule has 0 spiro atoms. The molecular formula is C22H28N2O2. The molecule has 2 atom stereocenters. The van der Waals surface area contributed by atoms with Gasteiger partial charge in [0.15, 0.2) is 0 Å². The van der Waals surface area contributed by atoms with Crippen molar-refractivity contribution in [3.63, 3.8) is 0 Å². The van der Waals surface area contributed by atoms with Crippen LogP contribution in [0.1, 0.15) is 56.6 Å². The summed E-state index contributed by atoms with van der Waals surface area (Å²) in [5.74, 6) is 1.24. The number of hydrogen-bond acceptors (Lipinski definition) is 3. The third-order valence-corrected chi connectivity index (χ3v) is 6.59. The number of hydrogen-bond donors (Lipinski definition) is 1. The largest absolute Gasteiger partial charge is 0.393 e. The predicted octanol–water partition coefficient (Wildman–Crippen LogP) is 4.19. The van der Waals surface area contributed by atoms with E-state index < -0.39 is 0 Å². The van der Waals surface area contributed by atoms with E-state index in [1.165, 1.54) is 29.7 Å². The Labute approximate surface area is 155 Å². The topological polar surface area (TPSA) is 47.3 Å². The number of fused-ring (bicyclic) bond motifs is 3. The van der Waals surface area contributed by atoms with Gasteiger partial charge in [0.25, 0.3) is 0 Å². The summed E-state index contributed by atoms with van der Waals surface area (Å²) >= 11 is 0. The first kappa shape index (κ1) is 16.5. The van der Waals surface area contributed by atoms with Gasteiger partial charge in [-0.1, -0.05) is 24.3 Å². The van der Waals surface area contributed by atoms with Gasteiger partial charge in [-0.05, 0) is 62.3 Å². The minimum Gasteiger partial charge on any atom is -0.393 e. The number of aliphatic hydroxyl groups excluding tert-OH is 1. The maximum atomic E-state index is 11.0. The van der Waals surface area contributed by atoms with Crippen LogP contribution in [0.3, 0.4) is 0 Å². The van der Waals surface area contributed by atoms with Crippen LogP contribution in [0.5, 0.6) is 0 Å². The summed E-state index contributed by atoms with van der Waals surface area (Å²) in [5.41, 5.74) is 3.76. The second kappa shape index (κ2) is 6.82. The van der Waals surface area contributed by atoms with Crippen molar-refractivity contribution in [1.29, 1.82) is 0 Å². The van der Waals surface area contributed by atoms with Gasteiger partial charge in [-0.3, -0.25) is 0 Å². The number of aliphatic hydroxyl groups is 1. The quantitative estimate of drug-likeness (QED) is 0.848. The van der Waals surface area contributed by atoms with Gasteiger partial charge >= 0.3 is 0 Å². The van der Waals surface area contributed by atoms with Crippen LogP contribution in [0.2, 0.25) is 0 Å². The maximum absolute atomic E-state index is 11.0. The Kier molecular flexibility index (Phi) is 4.33. The lowest BCUT2D eigenvalue weighted by Gasteiger charge is -2.32. The molecule has 1 aromatic carbocycles. The first-order valence-corrected chi connectivity index (χ1v) is 10.2. The van der Waals surface area contributed by atoms with Crippen molar-refractivity contribution in [2.24, 2.45) is 11.8 Å². The normalized spacial score (nSPS) is 28.6. The molecule has 2 aliphatic carbocycles. The molecule has 26 heavy (non-hydrogen) atoms. The highest BCUT2D eigenvalue weighted by atomic mass is 16.5. The fourth-order valence-electron chi connectivity index (χ4n) is 4.79. The predicted molar refractivity (Wildman–Crippen MR) is 101 cm³/mol. The van der Waals surface area contributed by atoms with Crippen molar-refractivity contribution in [2.75, 3.05) is 6.61 Å². The molecule has 0 amide bonds. The van der Waals surface area contributed by atoms with Crippen LogP contribution in [-0.4, -0.2) is 33.5 Å². The van der Waals surface area contributed by atoms with Crippen molar-refractivity contribution in [2.45, 2.75) is 63.2 Å². The average Bonchev–Trinajstić information content (AvgIpc) is 3.30. The Balaban J connectivity index is 1.22. The van der Waals surface area contributed by atoms with E-state index in [0.29, 0.717) is 12.0 Å². The number of ether oxygens (including phenoxy) is 1. The van der Waals surface area contributed by atoms with Gasteiger partial charge in [-0.2, -0.15) is 0 Å². The van der Waals surface area contributed by atoms with E-state index in [1.807, 2.05) is 12.5 Å². The molecule has 4 heteroatoms. The summed E-state index contributed by atoms with van der Waals surface area (Å²) in [4.78, 5) is 4.33. The fourth-order valence-corrected chi connectivity index (χ4v) is 4.79. The summed E-state index contributed by atoms with van der Waals surface area (Å²) in [6.45, 7) is 0.958. The molecule has 2 aromatic rings. The van der Waals surface area contributed by atoms with E-state index in [4.69, 9.17) is 4.74 Å². The highest BCUT2D eigenvalue weighted by Gasteiger charge is 2.34. The highest BCUT2D eigenvalue weighted by Crippen LogP contribution is 2.43. The second-order valence-electron chi connectivity index (χ2n) is 8.41. The summed E-state index contributed by atoms with van der Waals surface area (Å²) in [5, 5.41) is 11.0. The molecular weight excluding hydrogens is 324 g/mol. The molecule has 5 rings (SSSR count). The van der Waals surface area contributed by atoms with E-state index in [2.05, 4.69) is 33.8 Å². The molecule has 138 valence electrons. The molecule has 1 unspecified atom stereocenters. The molecule has 0 bridgehead atoms. The van der Waals surface area contributed by atoms with Crippen LogP contribution in [0.25, 0.3) is 11.3 Å². The van der Waals surface area contributed by atoms with Gasteiger partial charge in [0.05, 0.1) is 36.5 Å². The Morgan fingerprint density at radius 3 is 2.73 bits per heavy atom. The Morgan fingerprint density at radius 1 is 1.12 bits per heavy atom. The standard InChI is InChI=1S/C22H28N2O2/c25-22(16-7-9-17(10-8-16)26-13-15-5-6-15)11-20-18-3-1-2-4-19(18)21-12-23-14-24(20)21/h1-4,12,14-17,20,22,25H,5-11,13H2/t16?,17?,20?,22-/m1/s1. The number of rotatable bonds is 6. The van der Waals surface area contributed by atoms with E-state index >= 15 is 0 Å². The molecule has 1 aliphatic heterocycles. The van der Waals surface area contributed by atoms with Crippen LogP contribution < -0.4 is 0 Å². The van der Waals surface area contributed by atoms with Gasteiger partial charge < -0.3 is 14.4 Å². The molecule has 1 N–H and O–H groups in total. The summed E-state index contributed by atoms with van der Waals surface area (Å²) in [7, 11) is 0. The van der Waals surface area contributed by atoms with Gasteiger partial charge in [0, 0.05) is 12.2 Å². The highest BCUT2D eigenvalue weighted by molar-refractivity contribution is 5.68. The van der Waals surface area contributed by atoms with Crippen LogP contribution >= 0.6 is 0 Å². The molecule has 2 saturated carbocycles. The first-order chi connectivity index (χ1) is 12.8. The summed E-state index contributed by atoms with van der Waals surface area (Å²) in [6, 6.07) is 8.75. The monoisotopic (exact) mass is 352 g/mol. The van der Waals surface area contributed by atoms with Gasteiger partial charge in [0.1, 0.15) is 0 Å². The van der Waals surface area contributed by atoms with Gasteiger partial charge in [-0.15, -0.1) is 0 Å². The van der Waals surface area contributed by atoms with E-state index in [1.54, 1.807) is 0 Å². The number of aromatic nitrogens is 2. The smallest absolute Gasteiger partial charge is 0.0956 e. The Bertz CT molecular complexity index is 759. The number of benzene rings is 1. The van der Waals surface area contributed by atoms with Crippen molar-refractivity contribution in [3.8, 4) is 11.3 Å². The van der Waals surface area contributed by atoms with Crippen molar-refractivity contribution < 1.29 is 9.84 Å². The van der Waals surface area contributed by atoms with Gasteiger partial charge in [-0.25, -0.2) is 4.98 Å². The molecule has 0 radical (unpaired) electrons. The minimum atomic E-state index is -0.259. The zero-order valence-corrected chi connectivity index (χ0v) is 15.3. The molecule has 0 saturated heterocycles. The van der Waals surface area contributed by atoms with Crippen molar-refractivity contribution >= 4 is 0 Å². The Hall–Kier alpha value is -1.65. The molecule has 2 fully saturated rings. The lowest BCUT2D eigenvalue weighted by molar-refractivity contribution is -0.0120. The fraction of sp³-hybridized carbons (Fsp3) is 0.591. The minimum absolute atomic E-state index is 0.211. The van der Waals surface area contributed by atoms with Crippen molar-refractivity contribution in [3.05, 3.63) is 42.4 Å². The average molecular weight is 352 g/mol. The molecule has 4 nitrogen and oxygen atoms in total. The summed E-state index contributed by atoms with van der Waals surface area (Å²) in [6.07, 6.45) is 11.9. The third kappa shape index (κ3) is 3.10. The second-order valence-corrected chi connectivity index (χ2v) is 8.41. The molecule has 2 heterocycles. The van der Waals surface area contributed by atoms with E-state index in [0.717, 1.165) is 44.6 Å². The first-order valence-electron chi connectivity index (χ1n) is 10.2. The number of imidazole rings is 1. The Morgan fingerprint density at radius 2 is 1.92 bits per heavy atom. The van der Waals surface area contributed by atoms with Gasteiger partial charge in [0.2, 0.25) is 0 Å². The zero-order chi connectivity index (χ0) is 17.5. The molecule has 1 aromatic heterocycles. The van der Waals surface area contributed by atoms with Crippen LogP contribution in [0, 0.1) is 11.8 Å². The third-order valence-electron chi connectivity index (χ3n) is 6.59. The summed E-state index contributed by atoms with van der Waals surface area (Å²) < 4.78 is 8.29. The number of nitrogens with zero attached hydrogens (tertiary/aromatic N) is 2. The van der Waals surface area contributed by atoms with E-state index in [9.17, 15) is 5.11 Å². The van der Waals surface area contributed by atoms with Crippen LogP contribution in [0.15, 0.2) is 36.8 Å². The maximum Gasteiger partial charge on any atom is 0.0956 e. The van der Waals surface area contributed by atoms with Crippen molar-refractivity contribution in [1.82, 2.24) is 9.55 Å². The molecule has 3 aliphatic rings. The SMILES string of the molecule is O[C@H](CC1c2ccccc2-c2cncn21)C1CCC(OCC2CC2)CC1. The zero-order valence-electron chi connectivity index (χ0n) is 15.3. The lowest BCUT2D eigenvalue weighted by Crippen LogP contribution is -2.31. The lowest BCUT2D eigenvalue weighted by atomic mass is 9.81. The van der Waals surface area contributed by atoms with Crippen LogP contribution in [0.4, 0.5) is 0 Å².